The van der Waals surface area contributed by atoms with E-state index in [1.165, 1.54) is 44.2 Å². The van der Waals surface area contributed by atoms with Crippen LogP contribution in [-0.4, -0.2) is 7.05 Å². The van der Waals surface area contributed by atoms with Gasteiger partial charge in [0.2, 0.25) is 0 Å². The lowest BCUT2D eigenvalue weighted by Crippen LogP contribution is -2.21. The maximum absolute atomic E-state index is 13.2. The maximum Gasteiger partial charge on any atom is 0.126 e. The number of benzene rings is 1. The Balaban J connectivity index is 2.06. The summed E-state index contributed by atoms with van der Waals surface area (Å²) in [6.45, 7) is 0. The Kier molecular flexibility index (Phi) is 4.70. The molecule has 0 bridgehead atoms. The average Bonchev–Trinajstić information content (AvgIpc) is 2.36. The van der Waals surface area contributed by atoms with Crippen molar-refractivity contribution in [3.05, 3.63) is 35.4 Å². The SMILES string of the molecule is CNC(CC1CCCCC1)c1cc(F)cc(F)c1. The minimum Gasteiger partial charge on any atom is -0.313 e. The summed E-state index contributed by atoms with van der Waals surface area (Å²) in [4.78, 5) is 0. The molecule has 1 saturated carbocycles. The standard InChI is InChI=1S/C15H21F2N/c1-18-15(7-11-5-3-2-4-6-11)12-8-13(16)10-14(17)9-12/h8-11,15,18H,2-7H2,1H3. The Morgan fingerprint density at radius 2 is 1.72 bits per heavy atom. The second-order valence-corrected chi connectivity index (χ2v) is 5.28. The smallest absolute Gasteiger partial charge is 0.126 e. The molecular weight excluding hydrogens is 232 g/mol. The third-order valence-electron chi connectivity index (χ3n) is 3.93. The molecule has 0 saturated heterocycles. The summed E-state index contributed by atoms with van der Waals surface area (Å²) in [6.07, 6.45) is 7.37. The third-order valence-corrected chi connectivity index (χ3v) is 3.93. The summed E-state index contributed by atoms with van der Waals surface area (Å²) < 4.78 is 26.5. The van der Waals surface area contributed by atoms with E-state index in [0.29, 0.717) is 5.92 Å². The van der Waals surface area contributed by atoms with Gasteiger partial charge in [0.15, 0.2) is 0 Å². The molecule has 2 rings (SSSR count). The lowest BCUT2D eigenvalue weighted by Gasteiger charge is -2.26. The minimum atomic E-state index is -0.492. The molecule has 1 aliphatic rings. The fourth-order valence-electron chi connectivity index (χ4n) is 2.95. The molecule has 0 radical (unpaired) electrons. The molecular formula is C15H21F2N. The summed E-state index contributed by atoms with van der Waals surface area (Å²) in [7, 11) is 1.86. The third kappa shape index (κ3) is 3.52. The lowest BCUT2D eigenvalue weighted by atomic mass is 9.83. The van der Waals surface area contributed by atoms with Gasteiger partial charge in [-0.1, -0.05) is 32.1 Å². The Morgan fingerprint density at radius 1 is 1.11 bits per heavy atom. The van der Waals surface area contributed by atoms with Gasteiger partial charge < -0.3 is 5.32 Å². The van der Waals surface area contributed by atoms with Crippen molar-refractivity contribution in [3.63, 3.8) is 0 Å². The molecule has 0 aromatic heterocycles. The summed E-state index contributed by atoms with van der Waals surface area (Å²) in [5, 5.41) is 3.19. The zero-order valence-corrected chi connectivity index (χ0v) is 10.9. The lowest BCUT2D eigenvalue weighted by molar-refractivity contribution is 0.305. The van der Waals surface area contributed by atoms with E-state index in [2.05, 4.69) is 5.32 Å². The van der Waals surface area contributed by atoms with Crippen LogP contribution in [0.5, 0.6) is 0 Å². The Labute approximate surface area is 108 Å². The van der Waals surface area contributed by atoms with Gasteiger partial charge in [-0.3, -0.25) is 0 Å². The van der Waals surface area contributed by atoms with Gasteiger partial charge in [-0.25, -0.2) is 8.78 Å². The van der Waals surface area contributed by atoms with Crippen molar-refractivity contribution in [3.8, 4) is 0 Å². The average molecular weight is 253 g/mol. The summed E-state index contributed by atoms with van der Waals surface area (Å²) in [5.41, 5.74) is 0.723. The predicted molar refractivity (Wildman–Crippen MR) is 69.4 cm³/mol. The molecule has 0 amide bonds. The van der Waals surface area contributed by atoms with Crippen molar-refractivity contribution in [2.45, 2.75) is 44.6 Å². The Morgan fingerprint density at radius 3 is 2.28 bits per heavy atom. The Bertz CT molecular complexity index is 366. The van der Waals surface area contributed by atoms with E-state index >= 15 is 0 Å². The number of halogens is 2. The highest BCUT2D eigenvalue weighted by molar-refractivity contribution is 5.21. The Hall–Kier alpha value is -0.960. The van der Waals surface area contributed by atoms with Crippen molar-refractivity contribution < 1.29 is 8.78 Å². The molecule has 1 unspecified atom stereocenters. The van der Waals surface area contributed by atoms with Crippen molar-refractivity contribution in [1.82, 2.24) is 5.32 Å². The van der Waals surface area contributed by atoms with E-state index in [-0.39, 0.29) is 6.04 Å². The fourth-order valence-corrected chi connectivity index (χ4v) is 2.95. The highest BCUT2D eigenvalue weighted by atomic mass is 19.1. The zero-order valence-electron chi connectivity index (χ0n) is 10.9. The second kappa shape index (κ2) is 6.28. The van der Waals surface area contributed by atoms with Crippen molar-refractivity contribution >= 4 is 0 Å². The molecule has 1 aromatic rings. The van der Waals surface area contributed by atoms with Crippen LogP contribution in [0.4, 0.5) is 8.78 Å². The topological polar surface area (TPSA) is 12.0 Å². The molecule has 3 heteroatoms. The van der Waals surface area contributed by atoms with Crippen LogP contribution >= 0.6 is 0 Å². The monoisotopic (exact) mass is 253 g/mol. The van der Waals surface area contributed by atoms with Gasteiger partial charge >= 0.3 is 0 Å². The van der Waals surface area contributed by atoms with Gasteiger partial charge in [-0.05, 0) is 37.1 Å². The fraction of sp³-hybridized carbons (Fsp3) is 0.600. The number of rotatable bonds is 4. The number of hydrogen-bond acceptors (Lipinski definition) is 1. The molecule has 100 valence electrons. The van der Waals surface area contributed by atoms with Crippen LogP contribution < -0.4 is 5.32 Å². The molecule has 1 nitrogen and oxygen atoms in total. The summed E-state index contributed by atoms with van der Waals surface area (Å²) in [6, 6.07) is 3.86. The van der Waals surface area contributed by atoms with Gasteiger partial charge in [0.05, 0.1) is 0 Å². The highest BCUT2D eigenvalue weighted by Crippen LogP contribution is 2.32. The largest absolute Gasteiger partial charge is 0.313 e. The predicted octanol–water partition coefficient (Wildman–Crippen LogP) is 4.20. The van der Waals surface area contributed by atoms with E-state index in [0.717, 1.165) is 18.1 Å². The van der Waals surface area contributed by atoms with Crippen LogP contribution in [0.25, 0.3) is 0 Å². The van der Waals surface area contributed by atoms with E-state index in [4.69, 9.17) is 0 Å². The van der Waals surface area contributed by atoms with Crippen LogP contribution in [0.3, 0.4) is 0 Å². The maximum atomic E-state index is 13.2. The molecule has 0 aliphatic heterocycles. The van der Waals surface area contributed by atoms with Gasteiger partial charge in [-0.15, -0.1) is 0 Å². The van der Waals surface area contributed by atoms with Crippen LogP contribution in [0, 0.1) is 17.6 Å². The zero-order chi connectivity index (χ0) is 13.0. The summed E-state index contributed by atoms with van der Waals surface area (Å²) >= 11 is 0. The first-order chi connectivity index (χ1) is 8.69. The minimum absolute atomic E-state index is 0.0540. The van der Waals surface area contributed by atoms with Crippen LogP contribution in [-0.2, 0) is 0 Å². The molecule has 1 aliphatic carbocycles. The molecule has 0 spiro atoms. The highest BCUT2D eigenvalue weighted by Gasteiger charge is 2.20. The van der Waals surface area contributed by atoms with Gasteiger partial charge in [0.1, 0.15) is 11.6 Å². The van der Waals surface area contributed by atoms with Gasteiger partial charge in [0, 0.05) is 12.1 Å². The number of hydrogen-bond donors (Lipinski definition) is 1. The molecule has 0 heterocycles. The van der Waals surface area contributed by atoms with Crippen LogP contribution in [0.2, 0.25) is 0 Å². The van der Waals surface area contributed by atoms with Gasteiger partial charge in [0.25, 0.3) is 0 Å². The normalized spacial score (nSPS) is 18.8. The first kappa shape index (κ1) is 13.5. The molecule has 1 atom stereocenters. The molecule has 1 fully saturated rings. The van der Waals surface area contributed by atoms with E-state index in [1.54, 1.807) is 0 Å². The molecule has 1 aromatic carbocycles. The summed E-state index contributed by atoms with van der Waals surface area (Å²) in [5.74, 6) is -0.301. The number of nitrogens with one attached hydrogen (secondary N) is 1. The van der Waals surface area contributed by atoms with Crippen molar-refractivity contribution in [2.75, 3.05) is 7.05 Å². The van der Waals surface area contributed by atoms with Gasteiger partial charge in [-0.2, -0.15) is 0 Å². The van der Waals surface area contributed by atoms with E-state index in [1.807, 2.05) is 7.05 Å². The van der Waals surface area contributed by atoms with Crippen LogP contribution in [0.1, 0.15) is 50.1 Å². The molecule has 1 N–H and O–H groups in total. The van der Waals surface area contributed by atoms with Crippen molar-refractivity contribution in [1.29, 1.82) is 0 Å². The first-order valence-electron chi connectivity index (χ1n) is 6.82. The quantitative estimate of drug-likeness (QED) is 0.848. The second-order valence-electron chi connectivity index (χ2n) is 5.28. The first-order valence-corrected chi connectivity index (χ1v) is 6.82. The van der Waals surface area contributed by atoms with Crippen LogP contribution in [0.15, 0.2) is 18.2 Å². The van der Waals surface area contributed by atoms with E-state index in [9.17, 15) is 8.78 Å². The molecule has 18 heavy (non-hydrogen) atoms. The van der Waals surface area contributed by atoms with E-state index < -0.39 is 11.6 Å². The van der Waals surface area contributed by atoms with Crippen molar-refractivity contribution in [2.24, 2.45) is 5.92 Å².